The number of fused-ring (bicyclic) bond motifs is 3. The van der Waals surface area contributed by atoms with Gasteiger partial charge >= 0.3 is 0 Å². The molecule has 2 aromatic rings. The number of aryl methyl sites for hydroxylation is 1. The maximum absolute atomic E-state index is 8.93. The highest BCUT2D eigenvalue weighted by atomic mass is 15.4. The van der Waals surface area contributed by atoms with E-state index in [1.54, 1.807) is 0 Å². The Balaban J connectivity index is 2.01. The molecule has 0 saturated carbocycles. The highest BCUT2D eigenvalue weighted by Gasteiger charge is 2.47. The molecule has 1 atom stereocenters. The van der Waals surface area contributed by atoms with Crippen molar-refractivity contribution in [2.75, 3.05) is 4.90 Å². The lowest BCUT2D eigenvalue weighted by Gasteiger charge is -2.42. The van der Waals surface area contributed by atoms with Crippen molar-refractivity contribution in [3.8, 4) is 0 Å². The average Bonchev–Trinajstić information content (AvgIpc) is 3.00. The number of benzene rings is 2. The minimum atomic E-state index is -1.53. The van der Waals surface area contributed by atoms with E-state index in [2.05, 4.69) is 63.8 Å². The van der Waals surface area contributed by atoms with Crippen LogP contribution in [-0.4, -0.2) is 11.1 Å². The molecule has 124 valence electrons. The van der Waals surface area contributed by atoms with E-state index in [1.807, 2.05) is 29.2 Å². The fraction of sp³-hybridized carbons (Fsp3) is 0.364. The molecule has 2 aliphatic heterocycles. The smallest absolute Gasteiger partial charge is 0.111 e. The second-order valence-electron chi connectivity index (χ2n) is 7.86. The third-order valence-corrected chi connectivity index (χ3v) is 5.01. The largest absolute Gasteiger partial charge is 0.344 e. The first-order chi connectivity index (χ1) is 12.2. The number of para-hydroxylation sites is 1. The van der Waals surface area contributed by atoms with Gasteiger partial charge in [-0.3, -0.25) is 0 Å². The summed E-state index contributed by atoms with van der Waals surface area (Å²) in [6.45, 7) is 9.30. The van der Waals surface area contributed by atoms with E-state index in [4.69, 9.17) is 2.74 Å². The molecule has 2 aromatic carbocycles. The zero-order valence-corrected chi connectivity index (χ0v) is 15.1. The molecule has 0 N–H and O–H groups in total. The molecule has 0 aliphatic carbocycles. The average molecular weight is 320 g/mol. The first-order valence-electron chi connectivity index (χ1n) is 9.60. The molecule has 1 unspecified atom stereocenters. The minimum Gasteiger partial charge on any atom is -0.344 e. The van der Waals surface area contributed by atoms with Crippen LogP contribution in [0.15, 0.2) is 54.2 Å². The summed E-state index contributed by atoms with van der Waals surface area (Å²) >= 11 is 0. The summed E-state index contributed by atoms with van der Waals surface area (Å²) in [7, 11) is 0. The Hall–Kier alpha value is -2.22. The molecule has 2 heteroatoms. The second-order valence-corrected chi connectivity index (χ2v) is 7.86. The van der Waals surface area contributed by atoms with Crippen LogP contribution in [-0.2, 0) is 6.50 Å². The Bertz CT molecular complexity index is 908. The SMILES string of the molecule is [2H]C1([2H])c2ccccc2C2=C(C)N(c3ccccc3C)C(C(C)(C)C)N21. The van der Waals surface area contributed by atoms with Crippen LogP contribution >= 0.6 is 0 Å². The Morgan fingerprint density at radius 3 is 2.38 bits per heavy atom. The van der Waals surface area contributed by atoms with Gasteiger partial charge in [0.25, 0.3) is 0 Å². The van der Waals surface area contributed by atoms with Gasteiger partial charge in [-0.1, -0.05) is 63.2 Å². The molecule has 4 rings (SSSR count). The Morgan fingerprint density at radius 2 is 1.67 bits per heavy atom. The van der Waals surface area contributed by atoms with Crippen LogP contribution in [0.5, 0.6) is 0 Å². The van der Waals surface area contributed by atoms with Gasteiger partial charge in [0.1, 0.15) is 6.17 Å². The fourth-order valence-electron chi connectivity index (χ4n) is 3.99. The lowest BCUT2D eigenvalue weighted by atomic mass is 9.90. The van der Waals surface area contributed by atoms with Crippen molar-refractivity contribution in [2.45, 2.75) is 47.3 Å². The number of hydrogen-bond donors (Lipinski definition) is 0. The molecule has 0 amide bonds. The van der Waals surface area contributed by atoms with Crippen molar-refractivity contribution in [1.29, 1.82) is 0 Å². The van der Waals surface area contributed by atoms with Gasteiger partial charge in [-0.15, -0.1) is 0 Å². The molecular formula is C22H26N2. The van der Waals surface area contributed by atoms with E-state index in [0.717, 1.165) is 28.2 Å². The molecule has 0 radical (unpaired) electrons. The molecule has 0 bridgehead atoms. The van der Waals surface area contributed by atoms with E-state index in [1.165, 1.54) is 5.56 Å². The number of allylic oxidation sites excluding steroid dienone is 1. The van der Waals surface area contributed by atoms with Gasteiger partial charge < -0.3 is 9.80 Å². The number of nitrogens with zero attached hydrogens (tertiary/aromatic N) is 2. The van der Waals surface area contributed by atoms with Crippen LogP contribution in [0.25, 0.3) is 5.70 Å². The summed E-state index contributed by atoms with van der Waals surface area (Å²) in [6, 6.07) is 16.3. The highest BCUT2D eigenvalue weighted by Crippen LogP contribution is 2.50. The normalized spacial score (nSPS) is 23.1. The van der Waals surface area contributed by atoms with Crippen LogP contribution in [0.3, 0.4) is 0 Å². The monoisotopic (exact) mass is 320 g/mol. The predicted octanol–water partition coefficient (Wildman–Crippen LogP) is 5.39. The van der Waals surface area contributed by atoms with Gasteiger partial charge in [-0.05, 0) is 31.0 Å². The Morgan fingerprint density at radius 1 is 1.00 bits per heavy atom. The summed E-state index contributed by atoms with van der Waals surface area (Å²) in [4.78, 5) is 4.33. The number of hydrogen-bond acceptors (Lipinski definition) is 2. The van der Waals surface area contributed by atoms with Gasteiger partial charge in [0.05, 0.1) is 8.44 Å². The molecule has 2 aliphatic rings. The molecule has 2 nitrogen and oxygen atoms in total. The standard InChI is InChI=1S/C22H26N2/c1-15-10-6-9-13-19(15)24-16(2)20-18-12-8-7-11-17(18)14-23(20)21(24)22(3,4)5/h6-13,21H,14H2,1-5H3/i14D2. The van der Waals surface area contributed by atoms with Gasteiger partial charge in [-0.25, -0.2) is 0 Å². The lowest BCUT2D eigenvalue weighted by Crippen LogP contribution is -2.48. The van der Waals surface area contributed by atoms with Crippen LogP contribution in [0.1, 0.15) is 47.1 Å². The van der Waals surface area contributed by atoms with Gasteiger partial charge in [0.2, 0.25) is 0 Å². The predicted molar refractivity (Wildman–Crippen MR) is 101 cm³/mol. The van der Waals surface area contributed by atoms with Crippen LogP contribution in [0.4, 0.5) is 5.69 Å². The van der Waals surface area contributed by atoms with Crippen molar-refractivity contribution in [2.24, 2.45) is 5.41 Å². The van der Waals surface area contributed by atoms with Gasteiger partial charge in [-0.2, -0.15) is 0 Å². The summed E-state index contributed by atoms with van der Waals surface area (Å²) in [6.07, 6.45) is -0.0963. The van der Waals surface area contributed by atoms with E-state index < -0.39 is 6.50 Å². The van der Waals surface area contributed by atoms with E-state index in [-0.39, 0.29) is 11.6 Å². The fourth-order valence-corrected chi connectivity index (χ4v) is 3.99. The van der Waals surface area contributed by atoms with E-state index in [0.29, 0.717) is 0 Å². The summed E-state index contributed by atoms with van der Waals surface area (Å²) in [5.74, 6) is 0. The first kappa shape index (κ1) is 13.1. The quantitative estimate of drug-likeness (QED) is 0.695. The topological polar surface area (TPSA) is 6.48 Å². The van der Waals surface area contributed by atoms with Crippen molar-refractivity contribution in [1.82, 2.24) is 4.90 Å². The number of anilines is 1. The summed E-state index contributed by atoms with van der Waals surface area (Å²) in [5, 5.41) is 0. The van der Waals surface area contributed by atoms with Crippen LogP contribution < -0.4 is 4.90 Å². The molecule has 0 fully saturated rings. The van der Waals surface area contributed by atoms with Crippen molar-refractivity contribution < 1.29 is 2.74 Å². The third kappa shape index (κ3) is 2.09. The second kappa shape index (κ2) is 5.14. The highest BCUT2D eigenvalue weighted by molar-refractivity contribution is 5.81. The zero-order valence-electron chi connectivity index (χ0n) is 17.1. The Kier molecular flexibility index (Phi) is 2.81. The van der Waals surface area contributed by atoms with Crippen LogP contribution in [0.2, 0.25) is 0 Å². The molecule has 0 saturated heterocycles. The van der Waals surface area contributed by atoms with Crippen molar-refractivity contribution in [3.63, 3.8) is 0 Å². The molecular weight excluding hydrogens is 292 g/mol. The van der Waals surface area contributed by atoms with Crippen molar-refractivity contribution in [3.05, 3.63) is 70.9 Å². The summed E-state index contributed by atoms with van der Waals surface area (Å²) < 4.78 is 17.9. The zero-order chi connectivity index (χ0) is 18.9. The molecule has 24 heavy (non-hydrogen) atoms. The van der Waals surface area contributed by atoms with Gasteiger partial charge in [0.15, 0.2) is 0 Å². The summed E-state index contributed by atoms with van der Waals surface area (Å²) in [5.41, 5.74) is 6.15. The Labute approximate surface area is 148 Å². The van der Waals surface area contributed by atoms with E-state index in [9.17, 15) is 0 Å². The molecule has 2 heterocycles. The van der Waals surface area contributed by atoms with Gasteiger partial charge in [0, 0.05) is 28.9 Å². The van der Waals surface area contributed by atoms with Crippen molar-refractivity contribution >= 4 is 11.4 Å². The molecule has 0 spiro atoms. The first-order valence-corrected chi connectivity index (χ1v) is 8.60. The van der Waals surface area contributed by atoms with E-state index >= 15 is 0 Å². The maximum Gasteiger partial charge on any atom is 0.111 e. The maximum atomic E-state index is 8.93. The molecule has 0 aromatic heterocycles. The lowest BCUT2D eigenvalue weighted by molar-refractivity contribution is 0.173. The minimum absolute atomic E-state index is 0.0963. The number of rotatable bonds is 1. The van der Waals surface area contributed by atoms with Crippen LogP contribution in [0, 0.1) is 12.3 Å². The third-order valence-electron chi connectivity index (χ3n) is 5.01.